The van der Waals surface area contributed by atoms with Crippen LogP contribution < -0.4 is 4.74 Å². The lowest BCUT2D eigenvalue weighted by atomic mass is 10.1. The Morgan fingerprint density at radius 3 is 2.43 bits per heavy atom. The Kier molecular flexibility index (Phi) is 3.41. The first-order valence-electron chi connectivity index (χ1n) is 4.17. The molecule has 0 aliphatic heterocycles. The highest BCUT2D eigenvalue weighted by Gasteiger charge is 2.19. The monoisotopic (exact) mass is 202 g/mol. The van der Waals surface area contributed by atoms with Crippen LogP contribution in [0.15, 0.2) is 18.2 Å². The van der Waals surface area contributed by atoms with Crippen LogP contribution in [0.1, 0.15) is 17.2 Å². The van der Waals surface area contributed by atoms with E-state index in [1.54, 1.807) is 13.0 Å². The normalized spacial score (nSPS) is 13.0. The number of halogens is 2. The number of aliphatic hydroxyl groups excluding tert-OH is 1. The summed E-state index contributed by atoms with van der Waals surface area (Å²) in [5.74, 6) is 0.621. The van der Waals surface area contributed by atoms with E-state index < -0.39 is 12.5 Å². The molecular formula is C10H12F2O2. The fraction of sp³-hybridized carbons (Fsp3) is 0.400. The van der Waals surface area contributed by atoms with Crippen molar-refractivity contribution in [3.8, 4) is 5.75 Å². The molecule has 1 aromatic carbocycles. The fourth-order valence-electron chi connectivity index (χ4n) is 1.23. The highest BCUT2D eigenvalue weighted by Crippen LogP contribution is 2.25. The molecule has 0 heterocycles. The number of aliphatic hydroxyl groups is 1. The third kappa shape index (κ3) is 2.20. The number of hydrogen-bond acceptors (Lipinski definition) is 2. The van der Waals surface area contributed by atoms with Gasteiger partial charge in [0.1, 0.15) is 11.9 Å². The SMILES string of the molecule is COc1ccc(C(O)C(F)F)cc1C. The molecule has 0 saturated carbocycles. The van der Waals surface area contributed by atoms with Crippen LogP contribution in [0.25, 0.3) is 0 Å². The molecule has 1 aromatic rings. The van der Waals surface area contributed by atoms with Crippen molar-refractivity contribution in [1.82, 2.24) is 0 Å². The molecule has 4 heteroatoms. The summed E-state index contributed by atoms with van der Waals surface area (Å²) < 4.78 is 29.3. The van der Waals surface area contributed by atoms with Crippen molar-refractivity contribution >= 4 is 0 Å². The summed E-state index contributed by atoms with van der Waals surface area (Å²) in [7, 11) is 1.51. The molecule has 2 nitrogen and oxygen atoms in total. The number of alkyl halides is 2. The van der Waals surface area contributed by atoms with E-state index in [0.29, 0.717) is 5.75 Å². The van der Waals surface area contributed by atoms with Crippen LogP contribution in [-0.2, 0) is 0 Å². The van der Waals surface area contributed by atoms with E-state index in [1.165, 1.54) is 19.2 Å². The molecule has 0 aliphatic rings. The van der Waals surface area contributed by atoms with Crippen LogP contribution in [0.4, 0.5) is 8.78 Å². The Morgan fingerprint density at radius 1 is 1.36 bits per heavy atom. The van der Waals surface area contributed by atoms with Crippen molar-refractivity contribution in [3.63, 3.8) is 0 Å². The minimum Gasteiger partial charge on any atom is -0.496 e. The van der Waals surface area contributed by atoms with Crippen LogP contribution >= 0.6 is 0 Å². The Balaban J connectivity index is 2.96. The summed E-state index contributed by atoms with van der Waals surface area (Å²) >= 11 is 0. The molecule has 14 heavy (non-hydrogen) atoms. The minimum absolute atomic E-state index is 0.207. The average Bonchev–Trinajstić information content (AvgIpc) is 2.16. The Hall–Kier alpha value is -1.16. The standard InChI is InChI=1S/C10H12F2O2/c1-6-5-7(9(13)10(11)12)3-4-8(6)14-2/h3-5,9-10,13H,1-2H3. The first kappa shape index (κ1) is 10.9. The second-order valence-electron chi connectivity index (χ2n) is 3.01. The maximum Gasteiger partial charge on any atom is 0.268 e. The third-order valence-electron chi connectivity index (χ3n) is 2.00. The van der Waals surface area contributed by atoms with Gasteiger partial charge in [0.2, 0.25) is 0 Å². The fourth-order valence-corrected chi connectivity index (χ4v) is 1.23. The van der Waals surface area contributed by atoms with Crippen LogP contribution in [0.5, 0.6) is 5.75 Å². The molecule has 0 aromatic heterocycles. The van der Waals surface area contributed by atoms with Crippen molar-refractivity contribution in [3.05, 3.63) is 29.3 Å². The number of aryl methyl sites for hydroxylation is 1. The molecule has 1 unspecified atom stereocenters. The van der Waals surface area contributed by atoms with E-state index in [-0.39, 0.29) is 5.56 Å². The van der Waals surface area contributed by atoms with E-state index >= 15 is 0 Å². The molecular weight excluding hydrogens is 190 g/mol. The van der Waals surface area contributed by atoms with E-state index in [9.17, 15) is 8.78 Å². The summed E-state index contributed by atoms with van der Waals surface area (Å²) in [5.41, 5.74) is 0.933. The van der Waals surface area contributed by atoms with Gasteiger partial charge in [-0.05, 0) is 30.2 Å². The van der Waals surface area contributed by atoms with Crippen molar-refractivity contribution in [1.29, 1.82) is 0 Å². The lowest BCUT2D eigenvalue weighted by Crippen LogP contribution is -2.08. The minimum atomic E-state index is -2.76. The van der Waals surface area contributed by atoms with E-state index in [0.717, 1.165) is 5.56 Å². The van der Waals surface area contributed by atoms with E-state index in [4.69, 9.17) is 9.84 Å². The van der Waals surface area contributed by atoms with Gasteiger partial charge in [0.05, 0.1) is 7.11 Å². The molecule has 78 valence electrons. The van der Waals surface area contributed by atoms with Gasteiger partial charge in [-0.2, -0.15) is 0 Å². The lowest BCUT2D eigenvalue weighted by Gasteiger charge is -2.12. The summed E-state index contributed by atoms with van der Waals surface area (Å²) in [6.45, 7) is 1.74. The zero-order valence-corrected chi connectivity index (χ0v) is 8.00. The molecule has 0 radical (unpaired) electrons. The predicted octanol–water partition coefficient (Wildman–Crippen LogP) is 2.30. The summed E-state index contributed by atoms with van der Waals surface area (Å²) in [4.78, 5) is 0. The zero-order valence-electron chi connectivity index (χ0n) is 8.00. The average molecular weight is 202 g/mol. The quantitative estimate of drug-likeness (QED) is 0.814. The van der Waals surface area contributed by atoms with Gasteiger partial charge < -0.3 is 9.84 Å². The molecule has 1 atom stereocenters. The Labute approximate surface area is 81.1 Å². The molecule has 0 amide bonds. The van der Waals surface area contributed by atoms with Gasteiger partial charge in [0.25, 0.3) is 6.43 Å². The lowest BCUT2D eigenvalue weighted by molar-refractivity contribution is -0.00582. The molecule has 0 bridgehead atoms. The zero-order chi connectivity index (χ0) is 10.7. The number of hydrogen-bond donors (Lipinski definition) is 1. The first-order chi connectivity index (χ1) is 6.56. The molecule has 0 saturated heterocycles. The Bertz CT molecular complexity index is 313. The first-order valence-corrected chi connectivity index (χ1v) is 4.17. The highest BCUT2D eigenvalue weighted by molar-refractivity contribution is 5.37. The Morgan fingerprint density at radius 2 is 2.00 bits per heavy atom. The number of methoxy groups -OCH3 is 1. The van der Waals surface area contributed by atoms with Crippen LogP contribution in [-0.4, -0.2) is 18.6 Å². The number of ether oxygens (including phenoxy) is 1. The highest BCUT2D eigenvalue weighted by atomic mass is 19.3. The second kappa shape index (κ2) is 4.37. The second-order valence-corrected chi connectivity index (χ2v) is 3.01. The predicted molar refractivity (Wildman–Crippen MR) is 48.7 cm³/mol. The van der Waals surface area contributed by atoms with Gasteiger partial charge in [-0.1, -0.05) is 6.07 Å². The maximum absolute atomic E-state index is 12.1. The van der Waals surface area contributed by atoms with Crippen molar-refractivity contribution in [2.45, 2.75) is 19.5 Å². The third-order valence-corrected chi connectivity index (χ3v) is 2.00. The van der Waals surface area contributed by atoms with Crippen LogP contribution in [0.3, 0.4) is 0 Å². The van der Waals surface area contributed by atoms with Gasteiger partial charge >= 0.3 is 0 Å². The van der Waals surface area contributed by atoms with Crippen LogP contribution in [0.2, 0.25) is 0 Å². The summed E-state index contributed by atoms with van der Waals surface area (Å²) in [6, 6.07) is 4.49. The van der Waals surface area contributed by atoms with E-state index in [2.05, 4.69) is 0 Å². The number of benzene rings is 1. The van der Waals surface area contributed by atoms with Crippen molar-refractivity contribution in [2.24, 2.45) is 0 Å². The molecule has 0 fully saturated rings. The topological polar surface area (TPSA) is 29.5 Å². The van der Waals surface area contributed by atoms with Gasteiger partial charge in [-0.25, -0.2) is 8.78 Å². The number of rotatable bonds is 3. The largest absolute Gasteiger partial charge is 0.496 e. The smallest absolute Gasteiger partial charge is 0.268 e. The van der Waals surface area contributed by atoms with Crippen LogP contribution in [0, 0.1) is 6.92 Å². The molecule has 1 N–H and O–H groups in total. The van der Waals surface area contributed by atoms with Crippen molar-refractivity contribution < 1.29 is 18.6 Å². The molecule has 0 spiro atoms. The maximum atomic E-state index is 12.1. The van der Waals surface area contributed by atoms with Gasteiger partial charge in [0.15, 0.2) is 0 Å². The van der Waals surface area contributed by atoms with Gasteiger partial charge in [0, 0.05) is 0 Å². The van der Waals surface area contributed by atoms with Gasteiger partial charge in [-0.3, -0.25) is 0 Å². The molecule has 1 rings (SSSR count). The summed E-state index contributed by atoms with van der Waals surface area (Å²) in [6.07, 6.45) is -4.48. The van der Waals surface area contributed by atoms with E-state index in [1.807, 2.05) is 0 Å². The van der Waals surface area contributed by atoms with Gasteiger partial charge in [-0.15, -0.1) is 0 Å². The summed E-state index contributed by atoms with van der Waals surface area (Å²) in [5, 5.41) is 9.10. The molecule has 0 aliphatic carbocycles. The van der Waals surface area contributed by atoms with Crippen molar-refractivity contribution in [2.75, 3.05) is 7.11 Å².